The van der Waals surface area contributed by atoms with Crippen molar-refractivity contribution < 1.29 is 9.21 Å². The van der Waals surface area contributed by atoms with Crippen molar-refractivity contribution in [3.63, 3.8) is 0 Å². The Morgan fingerprint density at radius 3 is 2.55 bits per heavy atom. The fraction of sp³-hybridized carbons (Fsp3) is 0.158. The molecule has 0 unspecified atom stereocenters. The summed E-state index contributed by atoms with van der Waals surface area (Å²) in [4.78, 5) is 24.1. The molecule has 22 heavy (non-hydrogen) atoms. The van der Waals surface area contributed by atoms with Crippen LogP contribution in [-0.4, -0.2) is 5.78 Å². The summed E-state index contributed by atoms with van der Waals surface area (Å²) in [6.07, 6.45) is 0.974. The summed E-state index contributed by atoms with van der Waals surface area (Å²) >= 11 is 0. The maximum Gasteiger partial charge on any atom is 0.344 e. The minimum atomic E-state index is -0.444. The van der Waals surface area contributed by atoms with Crippen LogP contribution >= 0.6 is 0 Å². The maximum absolute atomic E-state index is 12.3. The second-order valence-corrected chi connectivity index (χ2v) is 5.22. The average Bonchev–Trinajstić information content (AvgIpc) is 2.55. The van der Waals surface area contributed by atoms with Gasteiger partial charge in [0.2, 0.25) is 0 Å². The van der Waals surface area contributed by atoms with Gasteiger partial charge in [0.05, 0.1) is 5.39 Å². The minimum absolute atomic E-state index is 0.136. The molecular weight excluding hydrogens is 276 g/mol. The van der Waals surface area contributed by atoms with Gasteiger partial charge in [-0.1, -0.05) is 55.5 Å². The summed E-state index contributed by atoms with van der Waals surface area (Å²) in [6, 6.07) is 17.3. The van der Waals surface area contributed by atoms with E-state index in [4.69, 9.17) is 4.42 Å². The molecule has 3 heteroatoms. The molecule has 0 spiro atoms. The van der Waals surface area contributed by atoms with Crippen LogP contribution in [0, 0.1) is 0 Å². The zero-order valence-electron chi connectivity index (χ0n) is 12.3. The first-order valence-electron chi connectivity index (χ1n) is 7.32. The number of rotatable bonds is 4. The maximum atomic E-state index is 12.3. The first kappa shape index (κ1) is 14.3. The van der Waals surface area contributed by atoms with Gasteiger partial charge in [-0.15, -0.1) is 0 Å². The van der Waals surface area contributed by atoms with Gasteiger partial charge in [-0.2, -0.15) is 0 Å². The predicted molar refractivity (Wildman–Crippen MR) is 86.4 cm³/mol. The summed E-state index contributed by atoms with van der Waals surface area (Å²) in [5.41, 5.74) is 1.59. The van der Waals surface area contributed by atoms with Crippen molar-refractivity contribution in [2.24, 2.45) is 0 Å². The zero-order chi connectivity index (χ0) is 15.5. The molecule has 0 aliphatic rings. The van der Waals surface area contributed by atoms with Crippen molar-refractivity contribution in [2.75, 3.05) is 0 Å². The van der Waals surface area contributed by atoms with Crippen LogP contribution in [0.25, 0.3) is 10.8 Å². The third-order valence-corrected chi connectivity index (χ3v) is 3.71. The molecule has 0 atom stereocenters. The third kappa shape index (κ3) is 2.70. The van der Waals surface area contributed by atoms with Gasteiger partial charge in [0.25, 0.3) is 0 Å². The fourth-order valence-electron chi connectivity index (χ4n) is 2.59. The van der Waals surface area contributed by atoms with Gasteiger partial charge >= 0.3 is 5.63 Å². The van der Waals surface area contributed by atoms with E-state index < -0.39 is 5.63 Å². The topological polar surface area (TPSA) is 47.3 Å². The van der Waals surface area contributed by atoms with Crippen LogP contribution in [0.3, 0.4) is 0 Å². The molecule has 0 radical (unpaired) electrons. The number of fused-ring (bicyclic) bond motifs is 1. The lowest BCUT2D eigenvalue weighted by Crippen LogP contribution is -2.08. The lowest BCUT2D eigenvalue weighted by atomic mass is 9.99. The number of carbonyl (C=O) groups is 1. The van der Waals surface area contributed by atoms with Crippen molar-refractivity contribution in [2.45, 2.75) is 19.8 Å². The van der Waals surface area contributed by atoms with Gasteiger partial charge in [-0.05, 0) is 29.0 Å². The van der Waals surface area contributed by atoms with Gasteiger partial charge < -0.3 is 4.42 Å². The van der Waals surface area contributed by atoms with Crippen LogP contribution in [0.15, 0.2) is 63.8 Å². The SMILES string of the molecule is CCC(=O)c1cc2cccc(Cc3ccccc3)c2c(=O)o1. The van der Waals surface area contributed by atoms with Crippen LogP contribution < -0.4 is 5.63 Å². The molecule has 0 amide bonds. The van der Waals surface area contributed by atoms with E-state index in [1.165, 1.54) is 0 Å². The number of hydrogen-bond donors (Lipinski definition) is 0. The highest BCUT2D eigenvalue weighted by Gasteiger charge is 2.13. The third-order valence-electron chi connectivity index (χ3n) is 3.71. The smallest absolute Gasteiger partial charge is 0.344 e. The Morgan fingerprint density at radius 2 is 1.82 bits per heavy atom. The normalized spacial score (nSPS) is 10.8. The Morgan fingerprint density at radius 1 is 1.05 bits per heavy atom. The molecule has 0 aliphatic carbocycles. The molecule has 1 heterocycles. The molecular formula is C19H16O3. The zero-order valence-corrected chi connectivity index (χ0v) is 12.3. The molecule has 0 saturated carbocycles. The number of benzene rings is 2. The van der Waals surface area contributed by atoms with Crippen LogP contribution in [0.4, 0.5) is 0 Å². The molecule has 3 rings (SSSR count). The van der Waals surface area contributed by atoms with E-state index in [0.717, 1.165) is 16.5 Å². The lowest BCUT2D eigenvalue weighted by Gasteiger charge is -2.07. The monoisotopic (exact) mass is 292 g/mol. The van der Waals surface area contributed by atoms with Gasteiger partial charge in [0.1, 0.15) is 0 Å². The molecule has 3 aromatic rings. The fourth-order valence-corrected chi connectivity index (χ4v) is 2.59. The molecule has 0 aliphatic heterocycles. The highest BCUT2D eigenvalue weighted by molar-refractivity contribution is 5.97. The van der Waals surface area contributed by atoms with Crippen LogP contribution in [0.2, 0.25) is 0 Å². The minimum Gasteiger partial charge on any atom is -0.419 e. The van der Waals surface area contributed by atoms with E-state index in [-0.39, 0.29) is 11.5 Å². The largest absolute Gasteiger partial charge is 0.419 e. The molecule has 2 aromatic carbocycles. The summed E-state index contributed by atoms with van der Waals surface area (Å²) in [5.74, 6) is -0.0238. The Balaban J connectivity index is 2.13. The molecule has 110 valence electrons. The van der Waals surface area contributed by atoms with E-state index in [1.807, 2.05) is 48.5 Å². The van der Waals surface area contributed by atoms with Gasteiger partial charge in [-0.25, -0.2) is 4.79 Å². The van der Waals surface area contributed by atoms with Crippen LogP contribution in [0.5, 0.6) is 0 Å². The molecule has 0 fully saturated rings. The standard InChI is InChI=1S/C19H16O3/c1-2-16(20)17-12-15-10-6-9-14(18(15)19(21)22-17)11-13-7-4-3-5-8-13/h3-10,12H,2,11H2,1H3. The van der Waals surface area contributed by atoms with Crippen LogP contribution in [0.1, 0.15) is 35.0 Å². The van der Waals surface area contributed by atoms with E-state index >= 15 is 0 Å². The Kier molecular flexibility index (Phi) is 3.88. The molecule has 0 N–H and O–H groups in total. The van der Waals surface area contributed by atoms with E-state index in [2.05, 4.69) is 0 Å². The number of ketones is 1. The second-order valence-electron chi connectivity index (χ2n) is 5.22. The Bertz CT molecular complexity index is 876. The number of carbonyl (C=O) groups excluding carboxylic acids is 1. The van der Waals surface area contributed by atoms with E-state index in [0.29, 0.717) is 18.2 Å². The second kappa shape index (κ2) is 5.98. The first-order chi connectivity index (χ1) is 10.7. The highest BCUT2D eigenvalue weighted by Crippen LogP contribution is 2.20. The van der Waals surface area contributed by atoms with Crippen molar-refractivity contribution in [3.8, 4) is 0 Å². The molecule has 0 saturated heterocycles. The van der Waals surface area contributed by atoms with Gasteiger partial charge in [0.15, 0.2) is 11.5 Å². The van der Waals surface area contributed by atoms with Crippen molar-refractivity contribution in [1.82, 2.24) is 0 Å². The summed E-state index contributed by atoms with van der Waals surface area (Å²) in [6.45, 7) is 1.75. The summed E-state index contributed by atoms with van der Waals surface area (Å²) in [5, 5.41) is 1.31. The van der Waals surface area contributed by atoms with E-state index in [9.17, 15) is 9.59 Å². The quantitative estimate of drug-likeness (QED) is 0.683. The Hall–Kier alpha value is -2.68. The van der Waals surface area contributed by atoms with Crippen LogP contribution in [-0.2, 0) is 6.42 Å². The van der Waals surface area contributed by atoms with E-state index in [1.54, 1.807) is 13.0 Å². The molecule has 3 nitrogen and oxygen atoms in total. The summed E-state index contributed by atoms with van der Waals surface area (Å²) in [7, 11) is 0. The predicted octanol–water partition coefficient (Wildman–Crippen LogP) is 3.98. The van der Waals surface area contributed by atoms with Crippen molar-refractivity contribution in [1.29, 1.82) is 0 Å². The van der Waals surface area contributed by atoms with Crippen molar-refractivity contribution in [3.05, 3.63) is 81.9 Å². The average molecular weight is 292 g/mol. The van der Waals surface area contributed by atoms with Crippen molar-refractivity contribution >= 4 is 16.6 Å². The Labute approximate surface area is 128 Å². The molecule has 1 aromatic heterocycles. The lowest BCUT2D eigenvalue weighted by molar-refractivity contribution is 0.0957. The number of Topliss-reactive ketones (excluding diaryl/α,β-unsaturated/α-hetero) is 1. The van der Waals surface area contributed by atoms with Gasteiger partial charge in [0, 0.05) is 6.42 Å². The molecule has 0 bridgehead atoms. The number of hydrogen-bond acceptors (Lipinski definition) is 3. The summed E-state index contributed by atoms with van der Waals surface area (Å²) < 4.78 is 5.22. The highest BCUT2D eigenvalue weighted by atomic mass is 16.4. The first-order valence-corrected chi connectivity index (χ1v) is 7.32. The van der Waals surface area contributed by atoms with Gasteiger partial charge in [-0.3, -0.25) is 4.79 Å².